The first-order valence-electron chi connectivity index (χ1n) is 6.99. The molecular weight excluding hydrogens is 246 g/mol. The Labute approximate surface area is 114 Å². The van der Waals surface area contributed by atoms with Crippen molar-refractivity contribution in [2.75, 3.05) is 32.8 Å². The Kier molecular flexibility index (Phi) is 7.43. The van der Waals surface area contributed by atoms with Crippen molar-refractivity contribution >= 4 is 11.8 Å². The molecule has 0 bridgehead atoms. The highest BCUT2D eigenvalue weighted by Crippen LogP contribution is 2.24. The first-order valence-corrected chi connectivity index (χ1v) is 6.99. The summed E-state index contributed by atoms with van der Waals surface area (Å²) in [6.45, 7) is 3.67. The van der Waals surface area contributed by atoms with E-state index < -0.39 is 0 Å². The van der Waals surface area contributed by atoms with Crippen LogP contribution in [0.3, 0.4) is 0 Å². The van der Waals surface area contributed by atoms with Crippen molar-refractivity contribution < 1.29 is 14.7 Å². The van der Waals surface area contributed by atoms with Crippen molar-refractivity contribution in [1.29, 1.82) is 0 Å². The quantitative estimate of drug-likeness (QED) is 0.493. The Hall–Kier alpha value is -1.14. The number of nitrogens with zero attached hydrogens (tertiary/aromatic N) is 1. The summed E-state index contributed by atoms with van der Waals surface area (Å²) in [6.07, 6.45) is 4.22. The van der Waals surface area contributed by atoms with Crippen LogP contribution >= 0.6 is 0 Å². The number of hydrogen-bond donors (Lipinski definition) is 3. The first-order chi connectivity index (χ1) is 9.13. The molecule has 1 aliphatic carbocycles. The third kappa shape index (κ3) is 6.54. The van der Waals surface area contributed by atoms with Gasteiger partial charge in [-0.25, -0.2) is 0 Å². The van der Waals surface area contributed by atoms with Crippen LogP contribution in [-0.4, -0.2) is 60.6 Å². The van der Waals surface area contributed by atoms with E-state index in [1.807, 2.05) is 0 Å². The smallest absolute Gasteiger partial charge is 0.234 e. The predicted octanol–water partition coefficient (Wildman–Crippen LogP) is -0.524. The zero-order chi connectivity index (χ0) is 14.1. The van der Waals surface area contributed by atoms with E-state index in [9.17, 15) is 9.59 Å². The summed E-state index contributed by atoms with van der Waals surface area (Å²) in [5.74, 6) is -0.108. The lowest BCUT2D eigenvalue weighted by Crippen LogP contribution is -2.47. The molecule has 0 aromatic carbocycles. The van der Waals surface area contributed by atoms with Gasteiger partial charge in [0.05, 0.1) is 6.54 Å². The van der Waals surface area contributed by atoms with Gasteiger partial charge >= 0.3 is 0 Å². The molecular formula is C13H25N3O3. The molecule has 1 fully saturated rings. The van der Waals surface area contributed by atoms with Gasteiger partial charge in [-0.05, 0) is 19.3 Å². The lowest BCUT2D eigenvalue weighted by molar-refractivity contribution is -0.124. The Balaban J connectivity index is 2.20. The minimum Gasteiger partial charge on any atom is -0.396 e. The van der Waals surface area contributed by atoms with Gasteiger partial charge in [-0.2, -0.15) is 0 Å². The molecule has 2 amide bonds. The van der Waals surface area contributed by atoms with E-state index in [4.69, 9.17) is 5.11 Å². The molecule has 0 radical (unpaired) electrons. The van der Waals surface area contributed by atoms with Gasteiger partial charge in [0, 0.05) is 39.2 Å². The summed E-state index contributed by atoms with van der Waals surface area (Å²) in [7, 11) is 0. The summed E-state index contributed by atoms with van der Waals surface area (Å²) < 4.78 is 0. The molecule has 0 aromatic rings. The van der Waals surface area contributed by atoms with Crippen LogP contribution in [0.2, 0.25) is 0 Å². The zero-order valence-electron chi connectivity index (χ0n) is 11.7. The average Bonchev–Trinajstić information content (AvgIpc) is 2.29. The molecule has 1 saturated carbocycles. The van der Waals surface area contributed by atoms with Gasteiger partial charge in [0.1, 0.15) is 0 Å². The highest BCUT2D eigenvalue weighted by atomic mass is 16.3. The molecule has 0 saturated heterocycles. The highest BCUT2D eigenvalue weighted by molar-refractivity contribution is 5.78. The summed E-state index contributed by atoms with van der Waals surface area (Å²) in [5, 5.41) is 14.3. The summed E-state index contributed by atoms with van der Waals surface area (Å²) >= 11 is 0. The van der Waals surface area contributed by atoms with Crippen molar-refractivity contribution in [3.63, 3.8) is 0 Å². The minimum absolute atomic E-state index is 0.0183. The lowest BCUT2D eigenvalue weighted by Gasteiger charge is -2.37. The molecule has 0 heterocycles. The van der Waals surface area contributed by atoms with E-state index in [2.05, 4.69) is 15.5 Å². The second-order valence-electron chi connectivity index (χ2n) is 4.97. The number of amides is 2. The van der Waals surface area contributed by atoms with Gasteiger partial charge < -0.3 is 15.7 Å². The molecule has 0 spiro atoms. The highest BCUT2D eigenvalue weighted by Gasteiger charge is 2.25. The number of hydrogen-bond acceptors (Lipinski definition) is 4. The monoisotopic (exact) mass is 271 g/mol. The molecule has 110 valence electrons. The molecule has 6 heteroatoms. The number of aliphatic hydroxyl groups excluding tert-OH is 1. The van der Waals surface area contributed by atoms with Crippen LogP contribution in [0.1, 0.15) is 32.6 Å². The van der Waals surface area contributed by atoms with Crippen molar-refractivity contribution in [3.05, 3.63) is 0 Å². The summed E-state index contributed by atoms with van der Waals surface area (Å²) in [5.41, 5.74) is 0. The second-order valence-corrected chi connectivity index (χ2v) is 4.97. The molecule has 1 aliphatic rings. The molecule has 0 unspecified atom stereocenters. The molecule has 6 nitrogen and oxygen atoms in total. The SMILES string of the molecule is CC(=O)NCCNC(=O)CN(CCCO)C1CCC1. The minimum atomic E-state index is -0.0895. The van der Waals surface area contributed by atoms with Gasteiger partial charge in [0.2, 0.25) is 11.8 Å². The van der Waals surface area contributed by atoms with E-state index in [0.717, 1.165) is 19.4 Å². The molecule has 0 atom stereocenters. The molecule has 0 aromatic heterocycles. The van der Waals surface area contributed by atoms with Gasteiger partial charge in [0.15, 0.2) is 0 Å². The van der Waals surface area contributed by atoms with Crippen LogP contribution in [0.4, 0.5) is 0 Å². The fraction of sp³-hybridized carbons (Fsp3) is 0.846. The van der Waals surface area contributed by atoms with Gasteiger partial charge in [-0.3, -0.25) is 14.5 Å². The number of nitrogens with one attached hydrogen (secondary N) is 2. The van der Waals surface area contributed by atoms with Gasteiger partial charge in [0.25, 0.3) is 0 Å². The topological polar surface area (TPSA) is 81.7 Å². The van der Waals surface area contributed by atoms with Gasteiger partial charge in [-0.15, -0.1) is 0 Å². The maximum atomic E-state index is 11.8. The van der Waals surface area contributed by atoms with Crippen LogP contribution in [0.5, 0.6) is 0 Å². The predicted molar refractivity (Wildman–Crippen MR) is 72.6 cm³/mol. The van der Waals surface area contributed by atoms with Gasteiger partial charge in [-0.1, -0.05) is 6.42 Å². The number of aliphatic hydroxyl groups is 1. The largest absolute Gasteiger partial charge is 0.396 e. The van der Waals surface area contributed by atoms with Crippen LogP contribution in [-0.2, 0) is 9.59 Å². The van der Waals surface area contributed by atoms with Crippen LogP contribution in [0.15, 0.2) is 0 Å². The second kappa shape index (κ2) is 8.87. The van der Waals surface area contributed by atoms with E-state index in [1.165, 1.54) is 13.3 Å². The molecule has 1 rings (SSSR count). The fourth-order valence-corrected chi connectivity index (χ4v) is 2.10. The number of carbonyl (C=O) groups excluding carboxylic acids is 2. The lowest BCUT2D eigenvalue weighted by atomic mass is 9.91. The van der Waals surface area contributed by atoms with E-state index in [-0.39, 0.29) is 18.4 Å². The Morgan fingerprint density at radius 2 is 1.95 bits per heavy atom. The van der Waals surface area contributed by atoms with Crippen molar-refractivity contribution in [2.24, 2.45) is 0 Å². The van der Waals surface area contributed by atoms with E-state index >= 15 is 0 Å². The van der Waals surface area contributed by atoms with Crippen LogP contribution in [0.25, 0.3) is 0 Å². The first kappa shape index (κ1) is 15.9. The number of carbonyl (C=O) groups is 2. The summed E-state index contributed by atoms with van der Waals surface area (Å²) in [6, 6.07) is 0.493. The fourth-order valence-electron chi connectivity index (χ4n) is 2.10. The number of rotatable bonds is 9. The van der Waals surface area contributed by atoms with E-state index in [0.29, 0.717) is 32.1 Å². The molecule has 19 heavy (non-hydrogen) atoms. The molecule has 0 aliphatic heterocycles. The third-order valence-electron chi connectivity index (χ3n) is 3.36. The van der Waals surface area contributed by atoms with Crippen LogP contribution in [0, 0.1) is 0 Å². The average molecular weight is 271 g/mol. The Bertz CT molecular complexity index is 293. The third-order valence-corrected chi connectivity index (χ3v) is 3.36. The van der Waals surface area contributed by atoms with Crippen LogP contribution < -0.4 is 10.6 Å². The van der Waals surface area contributed by atoms with Crippen molar-refractivity contribution in [3.8, 4) is 0 Å². The molecule has 3 N–H and O–H groups in total. The maximum absolute atomic E-state index is 11.8. The van der Waals surface area contributed by atoms with Crippen molar-refractivity contribution in [1.82, 2.24) is 15.5 Å². The van der Waals surface area contributed by atoms with E-state index in [1.54, 1.807) is 0 Å². The Morgan fingerprint density at radius 3 is 2.47 bits per heavy atom. The zero-order valence-corrected chi connectivity index (χ0v) is 11.7. The summed E-state index contributed by atoms with van der Waals surface area (Å²) in [4.78, 5) is 24.6. The Morgan fingerprint density at radius 1 is 1.26 bits per heavy atom. The standard InChI is InChI=1S/C13H25N3O3/c1-11(18)14-6-7-15-13(19)10-16(8-3-9-17)12-4-2-5-12/h12,17H,2-10H2,1H3,(H,14,18)(H,15,19). The normalized spacial score (nSPS) is 15.1. The van der Waals surface area contributed by atoms with Crippen molar-refractivity contribution in [2.45, 2.75) is 38.6 Å². The maximum Gasteiger partial charge on any atom is 0.234 e.